The molecule has 1 aliphatic rings. The number of alkyl halides is 2. The molecule has 2 N–H and O–H groups in total. The van der Waals surface area contributed by atoms with Crippen molar-refractivity contribution in [3.8, 4) is 0 Å². The Balaban J connectivity index is 2.35. The second kappa shape index (κ2) is 4.99. The van der Waals surface area contributed by atoms with Crippen LogP contribution >= 0.6 is 0 Å². The molecule has 0 aromatic carbocycles. The summed E-state index contributed by atoms with van der Waals surface area (Å²) < 4.78 is 31.9. The van der Waals surface area contributed by atoms with Crippen molar-refractivity contribution in [2.24, 2.45) is 0 Å². The van der Waals surface area contributed by atoms with Gasteiger partial charge in [-0.05, 0) is 0 Å². The monoisotopic (exact) mass is 262 g/mol. The number of aromatic amines is 1. The number of halogens is 2. The lowest BCUT2D eigenvalue weighted by Gasteiger charge is -2.14. The van der Waals surface area contributed by atoms with Gasteiger partial charge in [0.2, 0.25) is 0 Å². The van der Waals surface area contributed by atoms with Crippen LogP contribution in [0, 0.1) is 0 Å². The summed E-state index contributed by atoms with van der Waals surface area (Å²) in [6, 6.07) is 0. The second-order valence-corrected chi connectivity index (χ2v) is 4.02. The van der Waals surface area contributed by atoms with Crippen molar-refractivity contribution >= 4 is 0 Å². The Labute approximate surface area is 99.8 Å². The van der Waals surface area contributed by atoms with E-state index in [1.807, 2.05) is 4.98 Å². The van der Waals surface area contributed by atoms with Crippen molar-refractivity contribution in [2.75, 3.05) is 6.61 Å². The van der Waals surface area contributed by atoms with Crippen molar-refractivity contribution in [3.63, 3.8) is 0 Å². The highest BCUT2D eigenvalue weighted by molar-refractivity contribution is 5.03. The van der Waals surface area contributed by atoms with E-state index in [4.69, 9.17) is 9.84 Å². The largest absolute Gasteiger partial charge is 0.394 e. The number of rotatable bonds is 3. The van der Waals surface area contributed by atoms with E-state index in [0.717, 1.165) is 10.8 Å². The summed E-state index contributed by atoms with van der Waals surface area (Å²) in [5.74, 6) is 0. The van der Waals surface area contributed by atoms with E-state index in [0.29, 0.717) is 0 Å². The van der Waals surface area contributed by atoms with Crippen molar-refractivity contribution in [2.45, 2.75) is 31.6 Å². The lowest BCUT2D eigenvalue weighted by molar-refractivity contribution is -0.0357. The molecule has 1 aromatic rings. The lowest BCUT2D eigenvalue weighted by atomic mass is 10.2. The fourth-order valence-electron chi connectivity index (χ4n) is 1.86. The first-order valence-electron chi connectivity index (χ1n) is 5.37. The minimum atomic E-state index is -1.41. The maximum atomic E-state index is 13.4. The van der Waals surface area contributed by atoms with Gasteiger partial charge in [0.05, 0.1) is 12.2 Å². The molecular weight excluding hydrogens is 250 g/mol. The summed E-state index contributed by atoms with van der Waals surface area (Å²) in [7, 11) is 0. The van der Waals surface area contributed by atoms with Gasteiger partial charge in [-0.1, -0.05) is 0 Å². The molecule has 6 nitrogen and oxygen atoms in total. The molecule has 18 heavy (non-hydrogen) atoms. The van der Waals surface area contributed by atoms with Gasteiger partial charge >= 0.3 is 5.69 Å². The molecule has 1 aromatic heterocycles. The first-order chi connectivity index (χ1) is 8.56. The highest BCUT2D eigenvalue weighted by Crippen LogP contribution is 2.29. The average molecular weight is 262 g/mol. The van der Waals surface area contributed by atoms with Gasteiger partial charge in [0.1, 0.15) is 25.2 Å². The highest BCUT2D eigenvalue weighted by Gasteiger charge is 2.36. The molecule has 1 fully saturated rings. The standard InChI is InChI=1S/C10H12F2N2O4/c11-2-5-3-14(10(17)13-9(5)16)8-1-6(12)7(4-15)18-8/h3,6-8,15H,1-2,4H2,(H,13,16,17)/t6?,7-,8-/m0/s1. The summed E-state index contributed by atoms with van der Waals surface area (Å²) in [5.41, 5.74) is -1.85. The molecule has 100 valence electrons. The van der Waals surface area contributed by atoms with Crippen LogP contribution in [0.1, 0.15) is 18.2 Å². The van der Waals surface area contributed by atoms with E-state index < -0.39 is 43.0 Å². The Morgan fingerprint density at radius 2 is 2.28 bits per heavy atom. The SMILES string of the molecule is O=c1[nH]c(=O)n([C@@H]2CC(F)[C@H](CO)O2)cc1CF. The maximum absolute atomic E-state index is 13.4. The Morgan fingerprint density at radius 3 is 2.83 bits per heavy atom. The number of nitrogens with one attached hydrogen (secondary N) is 1. The predicted octanol–water partition coefficient (Wildman–Crippen LogP) is -0.376. The smallest absolute Gasteiger partial charge is 0.330 e. The van der Waals surface area contributed by atoms with Crippen molar-refractivity contribution in [3.05, 3.63) is 32.6 Å². The third-order valence-corrected chi connectivity index (χ3v) is 2.84. The fraction of sp³-hybridized carbons (Fsp3) is 0.600. The molecule has 0 amide bonds. The highest BCUT2D eigenvalue weighted by atomic mass is 19.1. The van der Waals surface area contributed by atoms with Gasteiger partial charge in [-0.3, -0.25) is 14.3 Å². The van der Waals surface area contributed by atoms with Crippen LogP contribution in [0.2, 0.25) is 0 Å². The Bertz CT molecular complexity index is 541. The van der Waals surface area contributed by atoms with Crippen LogP contribution in [0.5, 0.6) is 0 Å². The first kappa shape index (κ1) is 12.9. The summed E-state index contributed by atoms with van der Waals surface area (Å²) in [6.45, 7) is -1.55. The van der Waals surface area contributed by atoms with E-state index >= 15 is 0 Å². The molecular formula is C10H12F2N2O4. The number of hydrogen-bond donors (Lipinski definition) is 2. The third kappa shape index (κ3) is 2.21. The van der Waals surface area contributed by atoms with Gasteiger partial charge in [0, 0.05) is 12.6 Å². The molecule has 2 heterocycles. The van der Waals surface area contributed by atoms with Crippen LogP contribution < -0.4 is 11.2 Å². The average Bonchev–Trinajstić information content (AvgIpc) is 2.70. The summed E-state index contributed by atoms with van der Waals surface area (Å²) in [4.78, 5) is 24.6. The lowest BCUT2D eigenvalue weighted by Crippen LogP contribution is -2.34. The zero-order valence-corrected chi connectivity index (χ0v) is 9.31. The molecule has 1 unspecified atom stereocenters. The van der Waals surface area contributed by atoms with Gasteiger partial charge < -0.3 is 9.84 Å². The Hall–Kier alpha value is -1.54. The molecule has 0 saturated carbocycles. The van der Waals surface area contributed by atoms with E-state index in [1.165, 1.54) is 0 Å². The number of hydrogen-bond acceptors (Lipinski definition) is 4. The number of ether oxygens (including phenoxy) is 1. The summed E-state index contributed by atoms with van der Waals surface area (Å²) >= 11 is 0. The molecule has 1 aliphatic heterocycles. The van der Waals surface area contributed by atoms with Gasteiger partial charge in [0.15, 0.2) is 0 Å². The minimum Gasteiger partial charge on any atom is -0.394 e. The third-order valence-electron chi connectivity index (χ3n) is 2.84. The van der Waals surface area contributed by atoms with Crippen molar-refractivity contribution < 1.29 is 18.6 Å². The summed E-state index contributed by atoms with van der Waals surface area (Å²) in [5, 5.41) is 8.85. The molecule has 1 saturated heterocycles. The van der Waals surface area contributed by atoms with E-state index in [-0.39, 0.29) is 12.0 Å². The number of aromatic nitrogens is 2. The number of H-pyrrole nitrogens is 1. The second-order valence-electron chi connectivity index (χ2n) is 4.02. The van der Waals surface area contributed by atoms with E-state index in [9.17, 15) is 18.4 Å². The fourth-order valence-corrected chi connectivity index (χ4v) is 1.86. The number of aliphatic hydroxyl groups excluding tert-OH is 1. The normalized spacial score (nSPS) is 27.6. The molecule has 0 aliphatic carbocycles. The molecule has 3 atom stereocenters. The number of aliphatic hydroxyl groups is 1. The van der Waals surface area contributed by atoms with Crippen LogP contribution in [0.25, 0.3) is 0 Å². The van der Waals surface area contributed by atoms with Crippen LogP contribution in [-0.4, -0.2) is 33.5 Å². The topological polar surface area (TPSA) is 84.3 Å². The quantitative estimate of drug-likeness (QED) is 0.778. The molecule has 8 heteroatoms. The van der Waals surface area contributed by atoms with E-state index in [2.05, 4.69) is 0 Å². The molecule has 0 bridgehead atoms. The van der Waals surface area contributed by atoms with Crippen LogP contribution in [0.15, 0.2) is 15.8 Å². The number of nitrogens with zero attached hydrogens (tertiary/aromatic N) is 1. The van der Waals surface area contributed by atoms with Gasteiger partial charge in [-0.15, -0.1) is 0 Å². The molecule has 0 spiro atoms. The molecule has 2 rings (SSSR count). The van der Waals surface area contributed by atoms with Crippen molar-refractivity contribution in [1.82, 2.24) is 9.55 Å². The molecule has 0 radical (unpaired) electrons. The van der Waals surface area contributed by atoms with Gasteiger partial charge in [-0.25, -0.2) is 13.6 Å². The Kier molecular flexibility index (Phi) is 3.58. The maximum Gasteiger partial charge on any atom is 0.330 e. The van der Waals surface area contributed by atoms with Gasteiger partial charge in [-0.2, -0.15) is 0 Å². The van der Waals surface area contributed by atoms with Crippen LogP contribution in [0.3, 0.4) is 0 Å². The predicted molar refractivity (Wildman–Crippen MR) is 56.6 cm³/mol. The van der Waals surface area contributed by atoms with Crippen LogP contribution in [0.4, 0.5) is 8.78 Å². The van der Waals surface area contributed by atoms with Crippen LogP contribution in [-0.2, 0) is 11.4 Å². The van der Waals surface area contributed by atoms with Crippen molar-refractivity contribution in [1.29, 1.82) is 0 Å². The first-order valence-corrected chi connectivity index (χ1v) is 5.37. The Morgan fingerprint density at radius 1 is 1.56 bits per heavy atom. The zero-order chi connectivity index (χ0) is 13.3. The van der Waals surface area contributed by atoms with Gasteiger partial charge in [0.25, 0.3) is 5.56 Å². The zero-order valence-electron chi connectivity index (χ0n) is 9.31. The van der Waals surface area contributed by atoms with E-state index in [1.54, 1.807) is 0 Å². The minimum absolute atomic E-state index is 0.136. The summed E-state index contributed by atoms with van der Waals surface area (Å²) in [6.07, 6.45) is -2.50.